The summed E-state index contributed by atoms with van der Waals surface area (Å²) >= 11 is 4.93. The minimum absolute atomic E-state index is 0.0145. The van der Waals surface area contributed by atoms with Crippen molar-refractivity contribution in [1.82, 2.24) is 14.6 Å². The van der Waals surface area contributed by atoms with Gasteiger partial charge >= 0.3 is 0 Å². The van der Waals surface area contributed by atoms with Crippen LogP contribution in [0.25, 0.3) is 16.6 Å². The quantitative estimate of drug-likeness (QED) is 0.439. The fraction of sp³-hybridized carbons (Fsp3) is 0.150. The van der Waals surface area contributed by atoms with Gasteiger partial charge in [0.25, 0.3) is 0 Å². The van der Waals surface area contributed by atoms with Gasteiger partial charge < -0.3 is 5.32 Å². The zero-order chi connectivity index (χ0) is 18.8. The van der Waals surface area contributed by atoms with Crippen LogP contribution in [0.2, 0.25) is 0 Å². The second-order valence-corrected chi connectivity index (χ2v) is 8.15. The third-order valence-corrected chi connectivity index (χ3v) is 5.72. The highest BCUT2D eigenvalue weighted by Gasteiger charge is 2.12. The van der Waals surface area contributed by atoms with Gasteiger partial charge in [-0.2, -0.15) is 0 Å². The van der Waals surface area contributed by atoms with Crippen molar-refractivity contribution in [3.8, 4) is 0 Å². The van der Waals surface area contributed by atoms with E-state index in [1.165, 1.54) is 22.7 Å². The summed E-state index contributed by atoms with van der Waals surface area (Å²) in [7, 11) is 0. The molecule has 0 saturated heterocycles. The summed E-state index contributed by atoms with van der Waals surface area (Å²) in [6.07, 6.45) is 0.402. The first kappa shape index (κ1) is 18.0. The Morgan fingerprint density at radius 3 is 2.74 bits per heavy atom. The molecule has 0 unspecified atom stereocenters. The number of fused-ring (bicyclic) bond motifs is 3. The normalized spacial score (nSPS) is 11.2. The molecule has 4 rings (SSSR count). The molecule has 1 amide bonds. The van der Waals surface area contributed by atoms with E-state index in [9.17, 15) is 4.79 Å². The Kier molecular flexibility index (Phi) is 5.13. The van der Waals surface area contributed by atoms with Crippen LogP contribution in [0.5, 0.6) is 0 Å². The average Bonchev–Trinajstić information content (AvgIpc) is 3.07. The van der Waals surface area contributed by atoms with Crippen LogP contribution in [0.1, 0.15) is 12.0 Å². The topological polar surface area (TPSA) is 59.3 Å². The number of carbonyl (C=O) groups is 1. The number of thioether (sulfide) groups is 1. The van der Waals surface area contributed by atoms with E-state index in [4.69, 9.17) is 0 Å². The molecular formula is C20H17BrN4OS. The zero-order valence-electron chi connectivity index (χ0n) is 14.6. The molecule has 0 radical (unpaired) electrons. The molecule has 0 bridgehead atoms. The molecule has 5 nitrogen and oxygen atoms in total. The smallest absolute Gasteiger partial charge is 0.225 e. The Morgan fingerprint density at radius 2 is 1.93 bits per heavy atom. The second kappa shape index (κ2) is 7.70. The van der Waals surface area contributed by atoms with E-state index >= 15 is 0 Å². The first-order valence-electron chi connectivity index (χ1n) is 8.53. The molecule has 0 saturated carbocycles. The largest absolute Gasteiger partial charge is 0.326 e. The Balaban J connectivity index is 1.47. The number of amides is 1. The lowest BCUT2D eigenvalue weighted by Crippen LogP contribution is -2.12. The van der Waals surface area contributed by atoms with E-state index in [0.717, 1.165) is 26.5 Å². The maximum atomic E-state index is 12.2. The van der Waals surface area contributed by atoms with Gasteiger partial charge in [0, 0.05) is 27.7 Å². The molecule has 0 aliphatic carbocycles. The van der Waals surface area contributed by atoms with Crippen LogP contribution in [-0.4, -0.2) is 26.3 Å². The number of para-hydroxylation sites is 1. The molecule has 0 aliphatic rings. The monoisotopic (exact) mass is 440 g/mol. The van der Waals surface area contributed by atoms with Crippen molar-refractivity contribution in [1.29, 1.82) is 0 Å². The summed E-state index contributed by atoms with van der Waals surface area (Å²) in [6, 6.07) is 17.8. The molecule has 0 aliphatic heterocycles. The van der Waals surface area contributed by atoms with E-state index in [1.807, 2.05) is 42.5 Å². The summed E-state index contributed by atoms with van der Waals surface area (Å²) in [5.74, 6) is 0.616. The van der Waals surface area contributed by atoms with Crippen LogP contribution in [0, 0.1) is 6.92 Å². The van der Waals surface area contributed by atoms with Gasteiger partial charge in [0.05, 0.1) is 5.52 Å². The fourth-order valence-corrected chi connectivity index (χ4v) is 4.11. The molecular weight excluding hydrogens is 424 g/mol. The van der Waals surface area contributed by atoms with E-state index in [2.05, 4.69) is 54.9 Å². The SMILES string of the molecule is Cc1cc2nnc(SCCC(=O)Nc3ccc(Br)cc3)n2c2ccccc12. The minimum atomic E-state index is -0.0145. The summed E-state index contributed by atoms with van der Waals surface area (Å²) in [5.41, 5.74) is 3.88. The van der Waals surface area contributed by atoms with Gasteiger partial charge in [-0.25, -0.2) is 0 Å². The molecule has 27 heavy (non-hydrogen) atoms. The van der Waals surface area contributed by atoms with E-state index in [0.29, 0.717) is 12.2 Å². The molecule has 136 valence electrons. The van der Waals surface area contributed by atoms with Crippen LogP contribution >= 0.6 is 27.7 Å². The van der Waals surface area contributed by atoms with E-state index in [-0.39, 0.29) is 5.91 Å². The number of hydrogen-bond acceptors (Lipinski definition) is 4. The number of halogens is 1. The molecule has 2 aromatic heterocycles. The van der Waals surface area contributed by atoms with Gasteiger partial charge in [-0.15, -0.1) is 10.2 Å². The first-order valence-corrected chi connectivity index (χ1v) is 10.3. The third-order valence-electron chi connectivity index (χ3n) is 4.26. The minimum Gasteiger partial charge on any atom is -0.326 e. The Hall–Kier alpha value is -2.38. The van der Waals surface area contributed by atoms with Gasteiger partial charge in [-0.1, -0.05) is 45.9 Å². The molecule has 2 aromatic carbocycles. The first-order chi connectivity index (χ1) is 13.1. The van der Waals surface area contributed by atoms with Gasteiger partial charge in [-0.05, 0) is 48.9 Å². The summed E-state index contributed by atoms with van der Waals surface area (Å²) in [4.78, 5) is 12.2. The number of benzene rings is 2. The highest BCUT2D eigenvalue weighted by molar-refractivity contribution is 9.10. The van der Waals surface area contributed by atoms with Crippen LogP contribution in [-0.2, 0) is 4.79 Å². The van der Waals surface area contributed by atoms with Crippen LogP contribution in [0.4, 0.5) is 5.69 Å². The summed E-state index contributed by atoms with van der Waals surface area (Å²) in [5, 5.41) is 13.5. The van der Waals surface area contributed by atoms with Crippen molar-refractivity contribution < 1.29 is 4.79 Å². The van der Waals surface area contributed by atoms with E-state index < -0.39 is 0 Å². The predicted molar refractivity (Wildman–Crippen MR) is 113 cm³/mol. The number of anilines is 1. The molecule has 0 spiro atoms. The summed E-state index contributed by atoms with van der Waals surface area (Å²) < 4.78 is 3.04. The fourth-order valence-electron chi connectivity index (χ4n) is 2.96. The van der Waals surface area contributed by atoms with Gasteiger partial charge in [0.15, 0.2) is 10.8 Å². The predicted octanol–water partition coefficient (Wildman–Crippen LogP) is 5.07. The van der Waals surface area contributed by atoms with Gasteiger partial charge in [0.1, 0.15) is 0 Å². The molecule has 1 N–H and O–H groups in total. The van der Waals surface area contributed by atoms with Crippen molar-refractivity contribution in [2.24, 2.45) is 0 Å². The highest BCUT2D eigenvalue weighted by Crippen LogP contribution is 2.26. The van der Waals surface area contributed by atoms with Gasteiger partial charge in [-0.3, -0.25) is 9.20 Å². The number of aryl methyl sites for hydroxylation is 1. The van der Waals surface area contributed by atoms with Crippen molar-refractivity contribution in [2.75, 3.05) is 11.1 Å². The van der Waals surface area contributed by atoms with Crippen LogP contribution < -0.4 is 5.32 Å². The lowest BCUT2D eigenvalue weighted by atomic mass is 10.1. The standard InChI is InChI=1S/C20H17BrN4OS/c1-13-12-18-23-24-20(25(18)17-5-3-2-4-16(13)17)27-11-10-19(26)22-15-8-6-14(21)7-9-15/h2-9,12H,10-11H2,1H3,(H,22,26). The number of aromatic nitrogens is 3. The molecule has 4 aromatic rings. The lowest BCUT2D eigenvalue weighted by molar-refractivity contribution is -0.115. The van der Waals surface area contributed by atoms with Gasteiger partial charge in [0.2, 0.25) is 5.91 Å². The van der Waals surface area contributed by atoms with Crippen LogP contribution in [0.3, 0.4) is 0 Å². The summed E-state index contributed by atoms with van der Waals surface area (Å²) in [6.45, 7) is 2.08. The van der Waals surface area contributed by atoms with Crippen molar-refractivity contribution >= 4 is 55.8 Å². The van der Waals surface area contributed by atoms with Crippen molar-refractivity contribution in [2.45, 2.75) is 18.5 Å². The third kappa shape index (κ3) is 3.84. The second-order valence-electron chi connectivity index (χ2n) is 6.17. The number of carbonyl (C=O) groups excluding carboxylic acids is 1. The number of pyridine rings is 1. The molecule has 2 heterocycles. The number of rotatable bonds is 5. The maximum Gasteiger partial charge on any atom is 0.225 e. The van der Waals surface area contributed by atoms with Crippen molar-refractivity contribution in [3.05, 3.63) is 64.6 Å². The number of nitrogens with zero attached hydrogens (tertiary/aromatic N) is 3. The van der Waals surface area contributed by atoms with E-state index in [1.54, 1.807) is 0 Å². The highest BCUT2D eigenvalue weighted by atomic mass is 79.9. The lowest BCUT2D eigenvalue weighted by Gasteiger charge is -2.07. The Bertz CT molecular complexity index is 1120. The molecule has 7 heteroatoms. The average molecular weight is 441 g/mol. The van der Waals surface area contributed by atoms with Crippen LogP contribution in [0.15, 0.2) is 64.2 Å². The maximum absolute atomic E-state index is 12.2. The van der Waals surface area contributed by atoms with Crippen molar-refractivity contribution in [3.63, 3.8) is 0 Å². The molecule has 0 fully saturated rings. The number of hydrogen-bond donors (Lipinski definition) is 1. The number of nitrogens with one attached hydrogen (secondary N) is 1. The Morgan fingerprint density at radius 1 is 1.15 bits per heavy atom. The Labute approximate surface area is 169 Å². The zero-order valence-corrected chi connectivity index (χ0v) is 17.0. The molecule has 0 atom stereocenters.